The highest BCUT2D eigenvalue weighted by Crippen LogP contribution is 2.25. The molecule has 0 bridgehead atoms. The Balaban J connectivity index is 0.00000420. The number of aryl methyl sites for hydroxylation is 2. The van der Waals surface area contributed by atoms with Crippen molar-refractivity contribution in [2.75, 3.05) is 32.7 Å². The maximum atomic E-state index is 13.0. The number of hydrogen-bond donors (Lipinski definition) is 1. The molecule has 0 radical (unpaired) electrons. The Kier molecular flexibility index (Phi) is 10.2. The van der Waals surface area contributed by atoms with E-state index < -0.39 is 12.2 Å². The second kappa shape index (κ2) is 11.4. The van der Waals surface area contributed by atoms with Crippen molar-refractivity contribution in [1.82, 2.24) is 24.9 Å². The van der Waals surface area contributed by atoms with Crippen LogP contribution in [-0.4, -0.2) is 70.5 Å². The molecule has 2 rings (SSSR count). The van der Waals surface area contributed by atoms with E-state index in [1.807, 2.05) is 18.7 Å². The van der Waals surface area contributed by atoms with Crippen molar-refractivity contribution in [3.8, 4) is 0 Å². The molecule has 0 spiro atoms. The Hall–Kier alpha value is -1.04. The van der Waals surface area contributed by atoms with Gasteiger partial charge in [-0.3, -0.25) is 9.58 Å². The van der Waals surface area contributed by atoms with Gasteiger partial charge in [0.15, 0.2) is 5.96 Å². The molecule has 1 aliphatic heterocycles. The highest BCUT2D eigenvalue weighted by molar-refractivity contribution is 14.0. The van der Waals surface area contributed by atoms with Crippen molar-refractivity contribution < 1.29 is 13.2 Å². The predicted molar refractivity (Wildman–Crippen MR) is 121 cm³/mol. The molecule has 0 aromatic carbocycles. The first-order valence-corrected chi connectivity index (χ1v) is 10.1. The Morgan fingerprint density at radius 2 is 1.76 bits per heavy atom. The van der Waals surface area contributed by atoms with Crippen LogP contribution in [0, 0.1) is 0 Å². The van der Waals surface area contributed by atoms with Crippen LogP contribution in [0.25, 0.3) is 0 Å². The predicted octanol–water partition coefficient (Wildman–Crippen LogP) is 3.20. The van der Waals surface area contributed by atoms with Crippen LogP contribution in [0.2, 0.25) is 0 Å². The lowest BCUT2D eigenvalue weighted by Gasteiger charge is -2.39. The van der Waals surface area contributed by atoms with Gasteiger partial charge in [0.05, 0.1) is 12.2 Å². The van der Waals surface area contributed by atoms with Crippen molar-refractivity contribution in [3.63, 3.8) is 0 Å². The van der Waals surface area contributed by atoms with Crippen molar-refractivity contribution >= 4 is 29.9 Å². The van der Waals surface area contributed by atoms with Crippen LogP contribution in [0.15, 0.2) is 4.99 Å². The van der Waals surface area contributed by atoms with Crippen LogP contribution in [0.3, 0.4) is 0 Å². The van der Waals surface area contributed by atoms with E-state index in [1.165, 1.54) is 17.5 Å². The number of nitrogens with zero attached hydrogens (tertiary/aromatic N) is 5. The molecule has 1 aliphatic rings. The maximum Gasteiger partial charge on any atom is 0.403 e. The van der Waals surface area contributed by atoms with Gasteiger partial charge in [-0.25, -0.2) is 4.99 Å². The Bertz CT molecular complexity index is 666. The molecule has 1 saturated heterocycles. The number of rotatable bonds is 6. The molecule has 29 heavy (non-hydrogen) atoms. The summed E-state index contributed by atoms with van der Waals surface area (Å²) in [5.41, 5.74) is 3.40. The first-order chi connectivity index (χ1) is 13.2. The first kappa shape index (κ1) is 26.0. The van der Waals surface area contributed by atoms with Crippen LogP contribution >= 0.6 is 24.0 Å². The van der Waals surface area contributed by atoms with Gasteiger partial charge in [-0.05, 0) is 26.7 Å². The molecule has 2 heterocycles. The molecule has 1 unspecified atom stereocenters. The summed E-state index contributed by atoms with van der Waals surface area (Å²) >= 11 is 0. The number of guanidine groups is 1. The van der Waals surface area contributed by atoms with Gasteiger partial charge in [0.2, 0.25) is 0 Å². The van der Waals surface area contributed by atoms with Crippen molar-refractivity contribution in [2.45, 2.75) is 59.3 Å². The van der Waals surface area contributed by atoms with Crippen LogP contribution in [-0.2, 0) is 26.4 Å². The number of hydrogen-bond acceptors (Lipinski definition) is 3. The summed E-state index contributed by atoms with van der Waals surface area (Å²) in [5, 5.41) is 7.88. The lowest BCUT2D eigenvalue weighted by molar-refractivity contribution is -0.181. The van der Waals surface area contributed by atoms with E-state index in [4.69, 9.17) is 4.99 Å². The van der Waals surface area contributed by atoms with Gasteiger partial charge >= 0.3 is 6.18 Å². The Morgan fingerprint density at radius 1 is 1.14 bits per heavy atom. The Labute approximate surface area is 188 Å². The van der Waals surface area contributed by atoms with E-state index in [0.717, 1.165) is 30.1 Å². The zero-order valence-corrected chi connectivity index (χ0v) is 20.3. The SMILES string of the molecule is CCNC(=NCc1c(CC)nn(C)c1CC)N1CCN(C(C)C(F)(F)F)CC1.I. The number of piperazine rings is 1. The van der Waals surface area contributed by atoms with Crippen molar-refractivity contribution in [1.29, 1.82) is 0 Å². The molecular formula is C19H34F3IN6. The highest BCUT2D eigenvalue weighted by atomic mass is 127. The smallest absolute Gasteiger partial charge is 0.357 e. The summed E-state index contributed by atoms with van der Waals surface area (Å²) < 4.78 is 40.8. The van der Waals surface area contributed by atoms with Crippen LogP contribution in [0.4, 0.5) is 13.2 Å². The van der Waals surface area contributed by atoms with E-state index in [9.17, 15) is 13.2 Å². The zero-order valence-electron chi connectivity index (χ0n) is 18.0. The second-order valence-corrected chi connectivity index (χ2v) is 7.11. The van der Waals surface area contributed by atoms with Gasteiger partial charge in [-0.2, -0.15) is 18.3 Å². The van der Waals surface area contributed by atoms with Crippen LogP contribution in [0.5, 0.6) is 0 Å². The lowest BCUT2D eigenvalue weighted by atomic mass is 10.1. The van der Waals surface area contributed by atoms with E-state index in [2.05, 4.69) is 29.2 Å². The van der Waals surface area contributed by atoms with Gasteiger partial charge in [0.1, 0.15) is 6.04 Å². The summed E-state index contributed by atoms with van der Waals surface area (Å²) in [4.78, 5) is 8.34. The number of halogens is 4. The summed E-state index contributed by atoms with van der Waals surface area (Å²) in [7, 11) is 1.96. The fourth-order valence-electron chi connectivity index (χ4n) is 3.68. The molecule has 0 saturated carbocycles. The Morgan fingerprint density at radius 3 is 2.24 bits per heavy atom. The van der Waals surface area contributed by atoms with Gasteiger partial charge in [-0.1, -0.05) is 13.8 Å². The topological polar surface area (TPSA) is 48.7 Å². The van der Waals surface area contributed by atoms with Crippen molar-refractivity contribution in [2.24, 2.45) is 12.0 Å². The molecule has 1 aromatic rings. The molecular weight excluding hydrogens is 496 g/mol. The molecule has 10 heteroatoms. The minimum Gasteiger partial charge on any atom is -0.357 e. The van der Waals surface area contributed by atoms with Gasteiger partial charge in [0.25, 0.3) is 0 Å². The number of nitrogens with one attached hydrogen (secondary N) is 1. The largest absolute Gasteiger partial charge is 0.403 e. The maximum absolute atomic E-state index is 13.0. The third-order valence-electron chi connectivity index (χ3n) is 5.38. The fraction of sp³-hybridized carbons (Fsp3) is 0.789. The third-order valence-corrected chi connectivity index (χ3v) is 5.38. The molecule has 168 valence electrons. The molecule has 1 N–H and O–H groups in total. The highest BCUT2D eigenvalue weighted by Gasteiger charge is 2.41. The summed E-state index contributed by atoms with van der Waals surface area (Å²) in [6, 6.07) is -1.41. The molecule has 0 aliphatic carbocycles. The van der Waals surface area contributed by atoms with E-state index in [0.29, 0.717) is 39.3 Å². The normalized spacial score (nSPS) is 17.2. The van der Waals surface area contributed by atoms with E-state index in [1.54, 1.807) is 0 Å². The van der Waals surface area contributed by atoms with E-state index >= 15 is 0 Å². The minimum atomic E-state index is -4.19. The summed E-state index contributed by atoms with van der Waals surface area (Å²) in [5.74, 6) is 0.759. The molecule has 1 fully saturated rings. The fourth-order valence-corrected chi connectivity index (χ4v) is 3.68. The molecule has 6 nitrogen and oxygen atoms in total. The monoisotopic (exact) mass is 530 g/mol. The minimum absolute atomic E-state index is 0. The average molecular weight is 530 g/mol. The quantitative estimate of drug-likeness (QED) is 0.349. The van der Waals surface area contributed by atoms with Gasteiger partial charge in [-0.15, -0.1) is 24.0 Å². The first-order valence-electron chi connectivity index (χ1n) is 10.1. The molecule has 1 aromatic heterocycles. The van der Waals surface area contributed by atoms with Crippen LogP contribution in [0.1, 0.15) is 44.6 Å². The molecule has 1 atom stereocenters. The van der Waals surface area contributed by atoms with E-state index in [-0.39, 0.29) is 24.0 Å². The number of aliphatic imine (C=N–C) groups is 1. The van der Waals surface area contributed by atoms with Crippen molar-refractivity contribution in [3.05, 3.63) is 17.0 Å². The third kappa shape index (κ3) is 6.47. The zero-order chi connectivity index (χ0) is 20.9. The summed E-state index contributed by atoms with van der Waals surface area (Å²) in [6.45, 7) is 10.5. The average Bonchev–Trinajstić information content (AvgIpc) is 2.98. The molecule has 0 amide bonds. The van der Waals surface area contributed by atoms with Crippen LogP contribution < -0.4 is 5.32 Å². The second-order valence-electron chi connectivity index (χ2n) is 7.11. The van der Waals surface area contributed by atoms with Gasteiger partial charge in [0, 0.05) is 51.0 Å². The number of aromatic nitrogens is 2. The number of alkyl halides is 3. The standard InChI is InChI=1S/C19H33F3N6.HI/c1-6-16-15(17(7-2)26(5)25-16)13-24-18(23-8-3)28-11-9-27(10-12-28)14(4)19(20,21)22;/h14H,6-13H2,1-5H3,(H,23,24);1H. The lowest BCUT2D eigenvalue weighted by Crippen LogP contribution is -2.56. The van der Waals surface area contributed by atoms with Gasteiger partial charge < -0.3 is 10.2 Å². The summed E-state index contributed by atoms with van der Waals surface area (Å²) in [6.07, 6.45) is -2.45.